The number of hydrogen-bond donors (Lipinski definition) is 2. The van der Waals surface area contributed by atoms with E-state index in [1.807, 2.05) is 13.0 Å². The van der Waals surface area contributed by atoms with Crippen molar-refractivity contribution in [2.75, 3.05) is 11.9 Å². The highest BCUT2D eigenvalue weighted by Gasteiger charge is 2.34. The monoisotopic (exact) mass is 403 g/mol. The Bertz CT molecular complexity index is 983. The van der Waals surface area contributed by atoms with Crippen LogP contribution >= 0.6 is 11.3 Å². The Morgan fingerprint density at radius 2 is 2.18 bits per heavy atom. The van der Waals surface area contributed by atoms with E-state index in [1.54, 1.807) is 0 Å². The Morgan fingerprint density at radius 3 is 2.82 bits per heavy atom. The molecule has 2 N–H and O–H groups in total. The number of benzene rings is 1. The highest BCUT2D eigenvalue weighted by molar-refractivity contribution is 7.16. The molecule has 0 saturated carbocycles. The molecule has 0 radical (unpaired) electrons. The molecule has 0 saturated heterocycles. The molecule has 146 valence electrons. The predicted octanol–water partition coefficient (Wildman–Crippen LogP) is 3.44. The van der Waals surface area contributed by atoms with Crippen molar-refractivity contribution in [1.29, 1.82) is 5.26 Å². The quantitative estimate of drug-likeness (QED) is 0.602. The van der Waals surface area contributed by atoms with Gasteiger partial charge < -0.3 is 10.4 Å². The number of halogens is 2. The minimum atomic E-state index is -1.74. The topological polar surface area (TPSA) is 86.8 Å². The second-order valence-electron chi connectivity index (χ2n) is 6.42. The van der Waals surface area contributed by atoms with Gasteiger partial charge in [0.1, 0.15) is 41.0 Å². The number of hydrogen-bond acceptors (Lipinski definition) is 6. The van der Waals surface area contributed by atoms with Gasteiger partial charge >= 0.3 is 0 Å². The number of aromatic nitrogens is 3. The first kappa shape index (κ1) is 19.9. The van der Waals surface area contributed by atoms with Gasteiger partial charge in [0.25, 0.3) is 0 Å². The summed E-state index contributed by atoms with van der Waals surface area (Å²) in [6.45, 7) is 1.85. The number of nitrogens with zero attached hydrogens (tertiary/aromatic N) is 4. The number of aryl methyl sites for hydroxylation is 1. The molecule has 2 heterocycles. The van der Waals surface area contributed by atoms with E-state index in [0.29, 0.717) is 10.6 Å². The van der Waals surface area contributed by atoms with E-state index in [0.717, 1.165) is 29.9 Å². The largest absolute Gasteiger partial charge is 0.381 e. The molecular weight excluding hydrogens is 384 g/mol. The summed E-state index contributed by atoms with van der Waals surface area (Å²) in [7, 11) is 0. The molecule has 3 rings (SSSR count). The first-order valence-corrected chi connectivity index (χ1v) is 9.54. The van der Waals surface area contributed by atoms with Crippen LogP contribution in [0.2, 0.25) is 0 Å². The van der Waals surface area contributed by atoms with Crippen molar-refractivity contribution in [3.05, 3.63) is 64.6 Å². The highest BCUT2D eigenvalue weighted by Crippen LogP contribution is 2.32. The van der Waals surface area contributed by atoms with Crippen LogP contribution in [0.1, 0.15) is 29.3 Å². The third-order valence-electron chi connectivity index (χ3n) is 4.26. The van der Waals surface area contributed by atoms with E-state index in [9.17, 15) is 19.1 Å². The predicted molar refractivity (Wildman–Crippen MR) is 102 cm³/mol. The minimum Gasteiger partial charge on any atom is -0.381 e. The lowest BCUT2D eigenvalue weighted by Gasteiger charge is -2.29. The maximum atomic E-state index is 14.4. The molecule has 2 aromatic heterocycles. The van der Waals surface area contributed by atoms with Crippen molar-refractivity contribution in [3.8, 4) is 6.07 Å². The van der Waals surface area contributed by atoms with Crippen LogP contribution in [-0.4, -0.2) is 26.4 Å². The summed E-state index contributed by atoms with van der Waals surface area (Å²) >= 11 is 1.43. The summed E-state index contributed by atoms with van der Waals surface area (Å²) in [5, 5.41) is 28.3. The van der Waals surface area contributed by atoms with Crippen molar-refractivity contribution in [3.63, 3.8) is 0 Å². The van der Waals surface area contributed by atoms with Crippen molar-refractivity contribution in [2.24, 2.45) is 0 Å². The SMILES string of the molecule is CCCc1cc(C#N)c(NCC(O)(Cn2cncn2)c2ccc(F)cc2F)s1. The van der Waals surface area contributed by atoms with Crippen molar-refractivity contribution in [1.82, 2.24) is 14.8 Å². The van der Waals surface area contributed by atoms with Crippen molar-refractivity contribution < 1.29 is 13.9 Å². The molecule has 0 aliphatic heterocycles. The molecule has 1 atom stereocenters. The fourth-order valence-electron chi connectivity index (χ4n) is 2.94. The fraction of sp³-hybridized carbons (Fsp3) is 0.316. The molecule has 1 aromatic carbocycles. The minimum absolute atomic E-state index is 0.0688. The molecule has 1 unspecified atom stereocenters. The van der Waals surface area contributed by atoms with Crippen molar-refractivity contribution >= 4 is 16.3 Å². The van der Waals surface area contributed by atoms with Crippen LogP contribution in [0.3, 0.4) is 0 Å². The van der Waals surface area contributed by atoms with E-state index in [2.05, 4.69) is 21.5 Å². The van der Waals surface area contributed by atoms with E-state index in [-0.39, 0.29) is 18.7 Å². The first-order valence-electron chi connectivity index (χ1n) is 8.72. The number of anilines is 1. The maximum absolute atomic E-state index is 14.4. The normalized spacial score (nSPS) is 13.1. The van der Waals surface area contributed by atoms with Crippen LogP contribution < -0.4 is 5.32 Å². The van der Waals surface area contributed by atoms with E-state index in [1.165, 1.54) is 34.7 Å². The average molecular weight is 403 g/mol. The molecule has 0 amide bonds. The van der Waals surface area contributed by atoms with E-state index < -0.39 is 17.2 Å². The van der Waals surface area contributed by atoms with E-state index >= 15 is 0 Å². The Hall–Kier alpha value is -2.83. The Labute approximate surface area is 165 Å². The lowest BCUT2D eigenvalue weighted by Crippen LogP contribution is -2.39. The van der Waals surface area contributed by atoms with Gasteiger partial charge in [-0.2, -0.15) is 10.4 Å². The van der Waals surface area contributed by atoms with Crippen molar-refractivity contribution in [2.45, 2.75) is 31.9 Å². The van der Waals surface area contributed by atoms with Crippen LogP contribution in [0.5, 0.6) is 0 Å². The molecule has 0 aliphatic rings. The average Bonchev–Trinajstić information content (AvgIpc) is 3.29. The lowest BCUT2D eigenvalue weighted by molar-refractivity contribution is 0.0248. The molecule has 0 spiro atoms. The number of nitriles is 1. The van der Waals surface area contributed by atoms with Crippen LogP contribution in [0.25, 0.3) is 0 Å². The zero-order chi connectivity index (χ0) is 20.1. The van der Waals surface area contributed by atoms with Gasteiger partial charge in [-0.1, -0.05) is 19.4 Å². The van der Waals surface area contributed by atoms with Gasteiger partial charge in [-0.15, -0.1) is 11.3 Å². The first-order chi connectivity index (χ1) is 13.4. The Morgan fingerprint density at radius 1 is 1.36 bits per heavy atom. The molecule has 0 bridgehead atoms. The molecule has 3 aromatic rings. The smallest absolute Gasteiger partial charge is 0.137 e. The fourth-order valence-corrected chi connectivity index (χ4v) is 4.04. The second kappa shape index (κ2) is 8.46. The summed E-state index contributed by atoms with van der Waals surface area (Å²) < 4.78 is 29.1. The van der Waals surface area contributed by atoms with Gasteiger partial charge in [-0.05, 0) is 18.6 Å². The summed E-state index contributed by atoms with van der Waals surface area (Å²) in [4.78, 5) is 4.88. The van der Waals surface area contributed by atoms with E-state index in [4.69, 9.17) is 0 Å². The third-order valence-corrected chi connectivity index (χ3v) is 5.42. The third kappa shape index (κ3) is 4.35. The van der Waals surface area contributed by atoms with Gasteiger partial charge in [0.2, 0.25) is 0 Å². The summed E-state index contributed by atoms with van der Waals surface area (Å²) in [5.41, 5.74) is -1.34. The molecule has 0 aliphatic carbocycles. The lowest BCUT2D eigenvalue weighted by atomic mass is 9.93. The summed E-state index contributed by atoms with van der Waals surface area (Å²) in [5.74, 6) is -1.59. The number of thiophene rings is 1. The van der Waals surface area contributed by atoms with Crippen LogP contribution in [0.15, 0.2) is 36.9 Å². The summed E-state index contributed by atoms with van der Waals surface area (Å²) in [6.07, 6.45) is 4.50. The molecule has 9 heteroatoms. The Balaban J connectivity index is 1.91. The molecule has 28 heavy (non-hydrogen) atoms. The molecule has 6 nitrogen and oxygen atoms in total. The number of aliphatic hydroxyl groups is 1. The van der Waals surface area contributed by atoms with Gasteiger partial charge in [-0.25, -0.2) is 18.4 Å². The zero-order valence-electron chi connectivity index (χ0n) is 15.2. The van der Waals surface area contributed by atoms with Crippen LogP contribution in [0, 0.1) is 23.0 Å². The molecule has 0 fully saturated rings. The van der Waals surface area contributed by atoms with Gasteiger partial charge in [-0.3, -0.25) is 0 Å². The highest BCUT2D eigenvalue weighted by atomic mass is 32.1. The maximum Gasteiger partial charge on any atom is 0.137 e. The van der Waals surface area contributed by atoms with Crippen LogP contribution in [0.4, 0.5) is 13.8 Å². The number of rotatable bonds is 8. The number of nitrogens with one attached hydrogen (secondary N) is 1. The van der Waals surface area contributed by atoms with Gasteiger partial charge in [0.15, 0.2) is 0 Å². The van der Waals surface area contributed by atoms with Crippen LogP contribution in [-0.2, 0) is 18.6 Å². The Kier molecular flexibility index (Phi) is 6.02. The zero-order valence-corrected chi connectivity index (χ0v) is 16.0. The summed E-state index contributed by atoms with van der Waals surface area (Å²) in [6, 6.07) is 6.98. The standard InChI is InChI=1S/C19H19F2N5OS/c1-2-3-15-6-13(8-22)18(28-15)24-9-19(27,10-26-12-23-11-25-26)16-5-4-14(20)7-17(16)21/h4-7,11-12,24,27H,2-3,9-10H2,1H3. The molecular formula is C19H19F2N5OS. The van der Waals surface area contributed by atoms with Gasteiger partial charge in [0.05, 0.1) is 18.7 Å². The van der Waals surface area contributed by atoms with Gasteiger partial charge in [0, 0.05) is 16.5 Å². The second-order valence-corrected chi connectivity index (χ2v) is 7.56.